The minimum absolute atomic E-state index is 0.344. The number of ether oxygens (including phenoxy) is 1. The number of rotatable bonds is 5. The number of hydrogen-bond donors (Lipinski definition) is 0. The van der Waals surface area contributed by atoms with Crippen molar-refractivity contribution in [1.29, 1.82) is 0 Å². The Hall–Kier alpha value is -3.16. The molecule has 0 amide bonds. The Morgan fingerprint density at radius 1 is 1.03 bits per heavy atom. The Kier molecular flexibility index (Phi) is 5.83. The molecular formula is C22H14ClFN2O3S. The van der Waals surface area contributed by atoms with Gasteiger partial charge in [-0.1, -0.05) is 23.7 Å². The maximum atomic E-state index is 13.3. The average molecular weight is 441 g/mol. The van der Waals surface area contributed by atoms with Crippen LogP contribution in [0.15, 0.2) is 81.4 Å². The van der Waals surface area contributed by atoms with Gasteiger partial charge in [0, 0.05) is 17.3 Å². The first-order chi connectivity index (χ1) is 14.5. The molecule has 30 heavy (non-hydrogen) atoms. The minimum atomic E-state index is -0.423. The summed E-state index contributed by atoms with van der Waals surface area (Å²) in [5, 5.41) is 1.71. The molecule has 0 fully saturated rings. The summed E-state index contributed by atoms with van der Waals surface area (Å²) in [6.07, 6.45) is 1.55. The first-order valence-corrected chi connectivity index (χ1v) is 9.98. The molecule has 0 aliphatic rings. The van der Waals surface area contributed by atoms with Crippen molar-refractivity contribution in [2.45, 2.75) is 10.1 Å². The standard InChI is InChI=1S/C22H14ClFN2O3S/c1-28-21(27)15-4-2-13(3-5-15)19-22(30-18-11-8-16(23)12-25-18)29-20(26-19)14-6-9-17(24)10-7-14/h2-12H,1H3. The number of carbonyl (C=O) groups excluding carboxylic acids is 1. The number of aromatic nitrogens is 2. The predicted molar refractivity (Wildman–Crippen MR) is 112 cm³/mol. The van der Waals surface area contributed by atoms with Gasteiger partial charge in [0.2, 0.25) is 5.89 Å². The van der Waals surface area contributed by atoms with Gasteiger partial charge in [0.25, 0.3) is 0 Å². The molecule has 2 heterocycles. The van der Waals surface area contributed by atoms with E-state index in [-0.39, 0.29) is 5.82 Å². The second-order valence-corrected chi connectivity index (χ2v) is 7.58. The van der Waals surface area contributed by atoms with Crippen LogP contribution >= 0.6 is 23.4 Å². The molecule has 0 bridgehead atoms. The normalized spacial score (nSPS) is 10.8. The van der Waals surface area contributed by atoms with Crippen LogP contribution < -0.4 is 0 Å². The van der Waals surface area contributed by atoms with E-state index in [2.05, 4.69) is 9.97 Å². The van der Waals surface area contributed by atoms with Gasteiger partial charge in [0.15, 0.2) is 5.09 Å². The molecular weight excluding hydrogens is 427 g/mol. The molecule has 0 radical (unpaired) electrons. The van der Waals surface area contributed by atoms with E-state index in [9.17, 15) is 9.18 Å². The fraction of sp³-hybridized carbons (Fsp3) is 0.0455. The van der Waals surface area contributed by atoms with E-state index in [1.54, 1.807) is 54.7 Å². The van der Waals surface area contributed by atoms with Crippen molar-refractivity contribution in [3.8, 4) is 22.7 Å². The first-order valence-electron chi connectivity index (χ1n) is 8.78. The number of halogens is 2. The molecule has 0 N–H and O–H groups in total. The third-order valence-electron chi connectivity index (χ3n) is 4.16. The number of oxazole rings is 1. The number of pyridine rings is 1. The van der Waals surface area contributed by atoms with Crippen molar-refractivity contribution in [1.82, 2.24) is 9.97 Å². The average Bonchev–Trinajstić information content (AvgIpc) is 3.19. The number of methoxy groups -OCH3 is 1. The van der Waals surface area contributed by atoms with Crippen LogP contribution in [0.3, 0.4) is 0 Å². The lowest BCUT2D eigenvalue weighted by atomic mass is 10.1. The van der Waals surface area contributed by atoms with Gasteiger partial charge >= 0.3 is 5.97 Å². The number of nitrogens with zero attached hydrogens (tertiary/aromatic N) is 2. The fourth-order valence-electron chi connectivity index (χ4n) is 2.67. The quantitative estimate of drug-likeness (QED) is 0.347. The summed E-state index contributed by atoms with van der Waals surface area (Å²) in [4.78, 5) is 20.6. The van der Waals surface area contributed by atoms with Crippen molar-refractivity contribution in [3.05, 3.63) is 83.3 Å². The van der Waals surface area contributed by atoms with Gasteiger partial charge < -0.3 is 9.15 Å². The summed E-state index contributed by atoms with van der Waals surface area (Å²) in [5.41, 5.74) is 2.39. The zero-order chi connectivity index (χ0) is 21.1. The molecule has 0 saturated heterocycles. The molecule has 0 spiro atoms. The van der Waals surface area contributed by atoms with Gasteiger partial charge in [-0.15, -0.1) is 0 Å². The van der Waals surface area contributed by atoms with E-state index in [1.165, 1.54) is 31.0 Å². The van der Waals surface area contributed by atoms with Gasteiger partial charge in [0.1, 0.15) is 16.5 Å². The van der Waals surface area contributed by atoms with Crippen molar-refractivity contribution >= 4 is 29.3 Å². The molecule has 2 aromatic carbocycles. The fourth-order valence-corrected chi connectivity index (χ4v) is 3.60. The molecule has 8 heteroatoms. The summed E-state index contributed by atoms with van der Waals surface area (Å²) in [5.74, 6) is -0.420. The third kappa shape index (κ3) is 4.37. The lowest BCUT2D eigenvalue weighted by Crippen LogP contribution is -2.00. The highest BCUT2D eigenvalue weighted by Gasteiger charge is 2.19. The Morgan fingerprint density at radius 3 is 2.37 bits per heavy atom. The Balaban J connectivity index is 1.75. The molecule has 0 atom stereocenters. The highest BCUT2D eigenvalue weighted by molar-refractivity contribution is 7.99. The SMILES string of the molecule is COC(=O)c1ccc(-c2nc(-c3ccc(F)cc3)oc2Sc2ccc(Cl)cn2)cc1. The van der Waals surface area contributed by atoms with Gasteiger partial charge in [-0.25, -0.2) is 19.2 Å². The minimum Gasteiger partial charge on any atom is -0.465 e. The van der Waals surface area contributed by atoms with Gasteiger partial charge in [-0.2, -0.15) is 0 Å². The Bertz CT molecular complexity index is 1180. The molecule has 4 aromatic rings. The first kappa shape index (κ1) is 20.1. The van der Waals surface area contributed by atoms with Crippen LogP contribution in [0.25, 0.3) is 22.7 Å². The molecule has 5 nitrogen and oxygen atoms in total. The second kappa shape index (κ2) is 8.69. The Morgan fingerprint density at radius 2 is 1.73 bits per heavy atom. The topological polar surface area (TPSA) is 65.2 Å². The third-order valence-corrected chi connectivity index (χ3v) is 5.30. The van der Waals surface area contributed by atoms with Crippen LogP contribution in [0.1, 0.15) is 10.4 Å². The summed E-state index contributed by atoms with van der Waals surface area (Å²) in [7, 11) is 1.33. The van der Waals surface area contributed by atoms with E-state index in [4.69, 9.17) is 20.8 Å². The van der Waals surface area contributed by atoms with E-state index < -0.39 is 5.97 Å². The summed E-state index contributed by atoms with van der Waals surface area (Å²) < 4.78 is 24.0. The number of carbonyl (C=O) groups is 1. The lowest BCUT2D eigenvalue weighted by molar-refractivity contribution is 0.0600. The maximum Gasteiger partial charge on any atom is 0.337 e. The summed E-state index contributed by atoms with van der Waals surface area (Å²) >= 11 is 7.20. The van der Waals surface area contributed by atoms with E-state index in [0.717, 1.165) is 5.56 Å². The van der Waals surface area contributed by atoms with Crippen LogP contribution in [0.5, 0.6) is 0 Å². The van der Waals surface area contributed by atoms with E-state index in [1.807, 2.05) is 0 Å². The zero-order valence-electron chi connectivity index (χ0n) is 15.6. The van der Waals surface area contributed by atoms with Crippen LogP contribution in [0.2, 0.25) is 5.02 Å². The molecule has 4 rings (SSSR count). The predicted octanol–water partition coefficient (Wildman–Crippen LogP) is 6.13. The van der Waals surface area contributed by atoms with Gasteiger partial charge in [-0.05, 0) is 60.3 Å². The number of hydrogen-bond acceptors (Lipinski definition) is 6. The van der Waals surface area contributed by atoms with E-state index >= 15 is 0 Å². The largest absolute Gasteiger partial charge is 0.465 e. The Labute approximate surface area is 180 Å². The van der Waals surface area contributed by atoms with Crippen LogP contribution in [-0.2, 0) is 4.74 Å². The van der Waals surface area contributed by atoms with E-state index in [0.29, 0.717) is 37.9 Å². The van der Waals surface area contributed by atoms with Crippen molar-refractivity contribution in [2.75, 3.05) is 7.11 Å². The van der Waals surface area contributed by atoms with Crippen LogP contribution in [0, 0.1) is 5.82 Å². The summed E-state index contributed by atoms with van der Waals surface area (Å²) in [6, 6.07) is 16.2. The van der Waals surface area contributed by atoms with Crippen LogP contribution in [0.4, 0.5) is 4.39 Å². The van der Waals surface area contributed by atoms with Crippen LogP contribution in [-0.4, -0.2) is 23.0 Å². The van der Waals surface area contributed by atoms with Crippen molar-refractivity contribution in [3.63, 3.8) is 0 Å². The lowest BCUT2D eigenvalue weighted by Gasteiger charge is -2.03. The molecule has 0 saturated carbocycles. The zero-order valence-corrected chi connectivity index (χ0v) is 17.2. The number of esters is 1. The molecule has 0 aliphatic carbocycles. The molecule has 0 unspecified atom stereocenters. The highest BCUT2D eigenvalue weighted by Crippen LogP contribution is 2.38. The molecule has 150 valence electrons. The van der Waals surface area contributed by atoms with Gasteiger partial charge in [0.05, 0.1) is 17.7 Å². The molecule has 0 aliphatic heterocycles. The number of benzene rings is 2. The second-order valence-electron chi connectivity index (χ2n) is 6.15. The van der Waals surface area contributed by atoms with Crippen molar-refractivity contribution in [2.24, 2.45) is 0 Å². The highest BCUT2D eigenvalue weighted by atomic mass is 35.5. The van der Waals surface area contributed by atoms with Crippen molar-refractivity contribution < 1.29 is 18.3 Å². The van der Waals surface area contributed by atoms with Gasteiger partial charge in [-0.3, -0.25) is 0 Å². The monoisotopic (exact) mass is 440 g/mol. The molecule has 2 aromatic heterocycles. The smallest absolute Gasteiger partial charge is 0.337 e. The summed E-state index contributed by atoms with van der Waals surface area (Å²) in [6.45, 7) is 0. The maximum absolute atomic E-state index is 13.3.